The zero-order valence-corrected chi connectivity index (χ0v) is 11.1. The summed E-state index contributed by atoms with van der Waals surface area (Å²) in [7, 11) is 0. The number of fused-ring (bicyclic) bond motifs is 1. The largest absolute Gasteiger partial charge is 0.441 e. The van der Waals surface area contributed by atoms with Gasteiger partial charge in [-0.15, -0.1) is 0 Å². The third-order valence-corrected chi connectivity index (χ3v) is 2.97. The quantitative estimate of drug-likeness (QED) is 0.760. The molecular formula is C14H15N3O2. The third-order valence-electron chi connectivity index (χ3n) is 2.97. The Labute approximate surface area is 110 Å². The average molecular weight is 257 g/mol. The second-order valence-electron chi connectivity index (χ2n) is 4.84. The minimum atomic E-state index is 0.188. The lowest BCUT2D eigenvalue weighted by Crippen LogP contribution is -1.91. The van der Waals surface area contributed by atoms with Gasteiger partial charge in [0, 0.05) is 12.5 Å². The number of oxazole rings is 2. The van der Waals surface area contributed by atoms with E-state index in [4.69, 9.17) is 14.6 Å². The van der Waals surface area contributed by atoms with Crippen LogP contribution in [0.15, 0.2) is 27.0 Å². The van der Waals surface area contributed by atoms with E-state index in [1.165, 1.54) is 0 Å². The van der Waals surface area contributed by atoms with Crippen LogP contribution in [0.4, 0.5) is 6.01 Å². The lowest BCUT2D eigenvalue weighted by Gasteiger charge is -2.03. The van der Waals surface area contributed by atoms with Crippen molar-refractivity contribution in [3.05, 3.63) is 29.8 Å². The number of anilines is 1. The van der Waals surface area contributed by atoms with Crippen LogP contribution in [0.5, 0.6) is 0 Å². The van der Waals surface area contributed by atoms with Crippen molar-refractivity contribution in [2.45, 2.75) is 26.7 Å². The number of aryl methyl sites for hydroxylation is 1. The summed E-state index contributed by atoms with van der Waals surface area (Å²) in [5, 5.41) is 0. The number of hydrogen-bond donors (Lipinski definition) is 1. The monoisotopic (exact) mass is 257 g/mol. The fraction of sp³-hybridized carbons (Fsp3) is 0.286. The minimum Gasteiger partial charge on any atom is -0.441 e. The fourth-order valence-corrected chi connectivity index (χ4v) is 2.13. The van der Waals surface area contributed by atoms with E-state index in [-0.39, 0.29) is 11.9 Å². The van der Waals surface area contributed by atoms with E-state index < -0.39 is 0 Å². The molecule has 3 aromatic rings. The summed E-state index contributed by atoms with van der Waals surface area (Å²) in [5.74, 6) is 1.58. The number of nitrogens with two attached hydrogens (primary N) is 1. The summed E-state index contributed by atoms with van der Waals surface area (Å²) in [6, 6.07) is 5.94. The van der Waals surface area contributed by atoms with Gasteiger partial charge < -0.3 is 14.6 Å². The Bertz CT molecular complexity index is 740. The lowest BCUT2D eigenvalue weighted by atomic mass is 10.0. The van der Waals surface area contributed by atoms with Gasteiger partial charge >= 0.3 is 0 Å². The van der Waals surface area contributed by atoms with Crippen molar-refractivity contribution in [3.63, 3.8) is 0 Å². The van der Waals surface area contributed by atoms with Gasteiger partial charge in [0.1, 0.15) is 5.52 Å². The number of hydrogen-bond acceptors (Lipinski definition) is 5. The van der Waals surface area contributed by atoms with E-state index in [1.54, 1.807) is 0 Å². The Hall–Kier alpha value is -2.30. The number of nitrogens with zero attached hydrogens (tertiary/aromatic N) is 2. The number of nitrogen functional groups attached to an aromatic ring is 1. The Morgan fingerprint density at radius 1 is 1.16 bits per heavy atom. The molecule has 5 nitrogen and oxygen atoms in total. The molecule has 2 heterocycles. The molecule has 98 valence electrons. The second kappa shape index (κ2) is 4.12. The molecule has 2 N–H and O–H groups in total. The maximum Gasteiger partial charge on any atom is 0.292 e. The smallest absolute Gasteiger partial charge is 0.292 e. The van der Waals surface area contributed by atoms with Crippen LogP contribution in [-0.4, -0.2) is 9.97 Å². The van der Waals surface area contributed by atoms with Crippen LogP contribution in [0, 0.1) is 6.92 Å². The molecule has 0 fully saturated rings. The molecule has 0 bridgehead atoms. The molecule has 19 heavy (non-hydrogen) atoms. The molecule has 0 amide bonds. The topological polar surface area (TPSA) is 78.1 Å². The van der Waals surface area contributed by atoms with Gasteiger partial charge in [-0.1, -0.05) is 13.8 Å². The Kier molecular flexibility index (Phi) is 2.55. The molecular weight excluding hydrogens is 242 g/mol. The van der Waals surface area contributed by atoms with Gasteiger partial charge in [0.15, 0.2) is 17.2 Å². The Morgan fingerprint density at radius 3 is 2.68 bits per heavy atom. The SMILES string of the molecule is Cc1nc2ccc(-c3oc(N)nc3C(C)C)cc2o1. The van der Waals surface area contributed by atoms with E-state index in [2.05, 4.69) is 23.8 Å². The minimum absolute atomic E-state index is 0.188. The first-order chi connectivity index (χ1) is 9.04. The predicted molar refractivity (Wildman–Crippen MR) is 72.7 cm³/mol. The molecule has 0 saturated heterocycles. The molecule has 0 aliphatic heterocycles. The summed E-state index contributed by atoms with van der Waals surface area (Å²) < 4.78 is 11.1. The average Bonchev–Trinajstić information content (AvgIpc) is 2.89. The van der Waals surface area contributed by atoms with Crippen LogP contribution in [0.3, 0.4) is 0 Å². The first-order valence-electron chi connectivity index (χ1n) is 6.18. The molecule has 5 heteroatoms. The predicted octanol–water partition coefficient (Wildman–Crippen LogP) is 3.50. The maximum atomic E-state index is 5.66. The maximum absolute atomic E-state index is 5.66. The first-order valence-corrected chi connectivity index (χ1v) is 6.18. The third kappa shape index (κ3) is 1.97. The van der Waals surface area contributed by atoms with E-state index >= 15 is 0 Å². The summed E-state index contributed by atoms with van der Waals surface area (Å²) in [4.78, 5) is 8.51. The van der Waals surface area contributed by atoms with Crippen LogP contribution in [0.25, 0.3) is 22.4 Å². The molecule has 0 aliphatic carbocycles. The van der Waals surface area contributed by atoms with Crippen LogP contribution in [0.2, 0.25) is 0 Å². The van der Waals surface area contributed by atoms with Crippen LogP contribution in [-0.2, 0) is 0 Å². The molecule has 0 saturated carbocycles. The number of aromatic nitrogens is 2. The first kappa shape index (κ1) is 11.8. The van der Waals surface area contributed by atoms with E-state index in [9.17, 15) is 0 Å². The Morgan fingerprint density at radius 2 is 1.95 bits per heavy atom. The fourth-order valence-electron chi connectivity index (χ4n) is 2.13. The standard InChI is InChI=1S/C14H15N3O2/c1-7(2)12-13(19-14(15)17-12)9-4-5-10-11(6-9)18-8(3)16-10/h4-7H,1-3H3,(H2,15,17). The summed E-state index contributed by atoms with van der Waals surface area (Å²) >= 11 is 0. The zero-order chi connectivity index (χ0) is 13.6. The van der Waals surface area contributed by atoms with E-state index in [0.29, 0.717) is 11.7 Å². The van der Waals surface area contributed by atoms with Crippen molar-refractivity contribution in [2.75, 3.05) is 5.73 Å². The molecule has 0 spiro atoms. The van der Waals surface area contributed by atoms with Crippen molar-refractivity contribution in [3.8, 4) is 11.3 Å². The van der Waals surface area contributed by atoms with Crippen molar-refractivity contribution in [1.29, 1.82) is 0 Å². The highest BCUT2D eigenvalue weighted by molar-refractivity contribution is 5.79. The Balaban J connectivity index is 2.18. The summed E-state index contributed by atoms with van der Waals surface area (Å²) in [5.41, 5.74) is 8.98. The van der Waals surface area contributed by atoms with Gasteiger partial charge in [0.25, 0.3) is 6.01 Å². The zero-order valence-electron chi connectivity index (χ0n) is 11.1. The number of benzene rings is 1. The molecule has 0 atom stereocenters. The van der Waals surface area contributed by atoms with Gasteiger partial charge in [-0.05, 0) is 24.1 Å². The van der Waals surface area contributed by atoms with Crippen molar-refractivity contribution >= 4 is 17.1 Å². The van der Waals surface area contributed by atoms with Gasteiger partial charge in [-0.3, -0.25) is 0 Å². The lowest BCUT2D eigenvalue weighted by molar-refractivity contribution is 0.560. The van der Waals surface area contributed by atoms with Crippen molar-refractivity contribution < 1.29 is 8.83 Å². The van der Waals surface area contributed by atoms with Crippen molar-refractivity contribution in [2.24, 2.45) is 0 Å². The summed E-state index contributed by atoms with van der Waals surface area (Å²) in [6.07, 6.45) is 0. The summed E-state index contributed by atoms with van der Waals surface area (Å²) in [6.45, 7) is 5.93. The van der Waals surface area contributed by atoms with Crippen LogP contribution in [0.1, 0.15) is 31.4 Å². The highest BCUT2D eigenvalue weighted by atomic mass is 16.4. The van der Waals surface area contributed by atoms with Crippen molar-refractivity contribution in [1.82, 2.24) is 9.97 Å². The van der Waals surface area contributed by atoms with Gasteiger partial charge in [0.2, 0.25) is 0 Å². The highest BCUT2D eigenvalue weighted by Gasteiger charge is 2.17. The van der Waals surface area contributed by atoms with Gasteiger partial charge in [0.05, 0.1) is 5.69 Å². The van der Waals surface area contributed by atoms with Crippen LogP contribution < -0.4 is 5.73 Å². The van der Waals surface area contributed by atoms with Gasteiger partial charge in [-0.2, -0.15) is 4.98 Å². The second-order valence-corrected chi connectivity index (χ2v) is 4.84. The van der Waals surface area contributed by atoms with Crippen LogP contribution >= 0.6 is 0 Å². The van der Waals surface area contributed by atoms with E-state index in [0.717, 1.165) is 22.4 Å². The van der Waals surface area contributed by atoms with Gasteiger partial charge in [-0.25, -0.2) is 4.98 Å². The molecule has 1 aromatic carbocycles. The molecule has 0 radical (unpaired) electrons. The molecule has 2 aromatic heterocycles. The highest BCUT2D eigenvalue weighted by Crippen LogP contribution is 2.32. The number of rotatable bonds is 2. The van der Waals surface area contributed by atoms with E-state index in [1.807, 2.05) is 25.1 Å². The molecule has 0 unspecified atom stereocenters. The molecule has 0 aliphatic rings. The molecule has 3 rings (SSSR count). The normalized spacial score (nSPS) is 11.6.